The molecule has 68 heavy (non-hydrogen) atoms. The van der Waals surface area contributed by atoms with Gasteiger partial charge >= 0.3 is 0 Å². The lowest BCUT2D eigenvalue weighted by Gasteiger charge is -2.38. The molecule has 18 nitrogen and oxygen atoms in total. The minimum absolute atomic E-state index is 0.0595. The predicted molar refractivity (Wildman–Crippen MR) is 256 cm³/mol. The van der Waals surface area contributed by atoms with Crippen molar-refractivity contribution in [3.63, 3.8) is 0 Å². The molecule has 3 amide bonds. The maximum Gasteiger partial charge on any atom is 0.281 e. The third kappa shape index (κ3) is 16.1. The number of aromatic nitrogens is 4. The summed E-state index contributed by atoms with van der Waals surface area (Å²) in [4.78, 5) is 57.5. The molecule has 5 aromatic rings. The molecule has 1 aliphatic rings. The van der Waals surface area contributed by atoms with Crippen molar-refractivity contribution in [3.05, 3.63) is 118 Å². The van der Waals surface area contributed by atoms with Crippen LogP contribution in [-0.4, -0.2) is 151 Å². The number of hydrogen-bond donors (Lipinski definition) is 4. The second-order valence-electron chi connectivity index (χ2n) is 16.8. The largest absolute Gasteiger partial charge is 0.388 e. The molecule has 0 radical (unpaired) electrons. The Hall–Kier alpha value is -5.86. The number of amides is 3. The Morgan fingerprint density at radius 2 is 1.29 bits per heavy atom. The molecule has 0 aliphatic carbocycles. The number of nitrogens with one attached hydrogen (secondary N) is 3. The summed E-state index contributed by atoms with van der Waals surface area (Å²) in [5, 5.41) is 24.8. The van der Waals surface area contributed by atoms with Crippen LogP contribution in [0.15, 0.2) is 96.1 Å². The van der Waals surface area contributed by atoms with Crippen molar-refractivity contribution in [3.8, 4) is 11.3 Å². The van der Waals surface area contributed by atoms with Crippen molar-refractivity contribution < 1.29 is 43.2 Å². The lowest BCUT2D eigenvalue weighted by Crippen LogP contribution is -2.49. The Bertz CT molecular complexity index is 2370. The van der Waals surface area contributed by atoms with Crippen molar-refractivity contribution in [2.75, 3.05) is 98.8 Å². The van der Waals surface area contributed by atoms with Crippen LogP contribution in [0.3, 0.4) is 0 Å². The summed E-state index contributed by atoms with van der Waals surface area (Å²) in [5.74, 6) is -0.108. The van der Waals surface area contributed by atoms with Gasteiger partial charge < -0.3 is 49.6 Å². The number of benzene rings is 3. The number of nitrogens with zero attached hydrogens (tertiary/aromatic N) is 5. The highest BCUT2D eigenvalue weighted by molar-refractivity contribution is 5.94. The quantitative estimate of drug-likeness (QED) is 0.0509. The number of aliphatic hydroxyl groups is 1. The first kappa shape index (κ1) is 51.5. The van der Waals surface area contributed by atoms with Crippen molar-refractivity contribution >= 4 is 28.8 Å². The van der Waals surface area contributed by atoms with E-state index in [0.29, 0.717) is 135 Å². The number of piperidine rings is 1. The number of carbonyl (C=O) groups is 3. The van der Waals surface area contributed by atoms with Gasteiger partial charge in [-0.2, -0.15) is 5.10 Å². The SMILES string of the molecule is CC(CC(=O)N1CCC(O)(Cn2cnc3c(-c4ccc(CNCC(=O)NCCOCCOCCOCCOCCOCCNC(=O)c5ccccc5)cc4)n(C)nc3c2=O)CC1)c1ccccc1. The molecule has 366 valence electrons. The van der Waals surface area contributed by atoms with Crippen LogP contribution in [0.1, 0.15) is 53.6 Å². The average Bonchev–Trinajstić information content (AvgIpc) is 3.70. The van der Waals surface area contributed by atoms with E-state index in [9.17, 15) is 24.3 Å². The Labute approximate surface area is 397 Å². The van der Waals surface area contributed by atoms with Crippen LogP contribution in [0.2, 0.25) is 0 Å². The van der Waals surface area contributed by atoms with Crippen LogP contribution in [0.5, 0.6) is 0 Å². The zero-order valence-electron chi connectivity index (χ0n) is 39.2. The first-order chi connectivity index (χ1) is 33.1. The summed E-state index contributed by atoms with van der Waals surface area (Å²) in [7, 11) is 1.77. The predicted octanol–water partition coefficient (Wildman–Crippen LogP) is 3.06. The molecule has 2 aromatic heterocycles. The minimum Gasteiger partial charge on any atom is -0.388 e. The van der Waals surface area contributed by atoms with Gasteiger partial charge in [0.25, 0.3) is 11.5 Å². The highest BCUT2D eigenvalue weighted by atomic mass is 16.6. The van der Waals surface area contributed by atoms with Gasteiger partial charge in [0.2, 0.25) is 11.8 Å². The Morgan fingerprint density at radius 1 is 0.735 bits per heavy atom. The summed E-state index contributed by atoms with van der Waals surface area (Å²) in [6, 6.07) is 26.8. The Balaban J connectivity index is 0.777. The van der Waals surface area contributed by atoms with Gasteiger partial charge in [0, 0.05) is 57.3 Å². The molecule has 1 saturated heterocycles. The molecule has 3 heterocycles. The second kappa shape index (κ2) is 27.2. The fraction of sp³-hybridized carbons (Fsp3) is 0.480. The van der Waals surface area contributed by atoms with Crippen LogP contribution in [0, 0.1) is 0 Å². The van der Waals surface area contributed by atoms with E-state index in [2.05, 4.69) is 26.0 Å². The normalized spacial score (nSPS) is 14.0. The van der Waals surface area contributed by atoms with Gasteiger partial charge in [0.05, 0.1) is 96.8 Å². The molecule has 0 spiro atoms. The number of aryl methyl sites for hydroxylation is 1. The van der Waals surface area contributed by atoms with E-state index in [4.69, 9.17) is 23.7 Å². The van der Waals surface area contributed by atoms with Gasteiger partial charge in [0.1, 0.15) is 5.52 Å². The summed E-state index contributed by atoms with van der Waals surface area (Å²) in [6.45, 7) is 8.58. The first-order valence-corrected chi connectivity index (χ1v) is 23.4. The van der Waals surface area contributed by atoms with E-state index in [-0.39, 0.29) is 47.8 Å². The van der Waals surface area contributed by atoms with E-state index in [1.807, 2.05) is 79.7 Å². The number of hydrogen-bond acceptors (Lipinski definition) is 13. The number of ether oxygens (including phenoxy) is 5. The molecular weight excluding hydrogens is 873 g/mol. The third-order valence-electron chi connectivity index (χ3n) is 11.6. The van der Waals surface area contributed by atoms with Crippen LogP contribution >= 0.6 is 0 Å². The molecule has 18 heteroatoms. The summed E-state index contributed by atoms with van der Waals surface area (Å²) in [6.07, 6.45) is 2.58. The molecule has 4 N–H and O–H groups in total. The smallest absolute Gasteiger partial charge is 0.281 e. The second-order valence-corrected chi connectivity index (χ2v) is 16.8. The van der Waals surface area contributed by atoms with E-state index < -0.39 is 5.60 Å². The Kier molecular flexibility index (Phi) is 20.6. The van der Waals surface area contributed by atoms with Crippen molar-refractivity contribution in [1.29, 1.82) is 0 Å². The summed E-state index contributed by atoms with van der Waals surface area (Å²) in [5.41, 5.74) is 3.43. The molecule has 1 atom stereocenters. The van der Waals surface area contributed by atoms with Crippen LogP contribution < -0.4 is 21.5 Å². The van der Waals surface area contributed by atoms with Crippen molar-refractivity contribution in [2.45, 2.75) is 50.8 Å². The lowest BCUT2D eigenvalue weighted by molar-refractivity contribution is -0.136. The van der Waals surface area contributed by atoms with E-state index >= 15 is 0 Å². The van der Waals surface area contributed by atoms with Crippen molar-refractivity contribution in [2.24, 2.45) is 7.05 Å². The van der Waals surface area contributed by atoms with Crippen molar-refractivity contribution in [1.82, 2.24) is 40.2 Å². The van der Waals surface area contributed by atoms with Gasteiger partial charge in [-0.3, -0.25) is 28.4 Å². The fourth-order valence-corrected chi connectivity index (χ4v) is 7.81. The zero-order chi connectivity index (χ0) is 48.0. The minimum atomic E-state index is -1.16. The maximum atomic E-state index is 13.6. The number of carbonyl (C=O) groups excluding carboxylic acids is 3. The number of rotatable bonds is 29. The highest BCUT2D eigenvalue weighted by Gasteiger charge is 2.35. The van der Waals surface area contributed by atoms with Gasteiger partial charge in [-0.25, -0.2) is 4.98 Å². The van der Waals surface area contributed by atoms with E-state index in [0.717, 1.165) is 16.7 Å². The summed E-state index contributed by atoms with van der Waals surface area (Å²) >= 11 is 0. The van der Waals surface area contributed by atoms with Crippen LogP contribution in [0.25, 0.3) is 22.3 Å². The summed E-state index contributed by atoms with van der Waals surface area (Å²) < 4.78 is 30.6. The molecule has 6 rings (SSSR count). The van der Waals surface area contributed by atoms with E-state index in [1.54, 1.807) is 28.8 Å². The zero-order valence-corrected chi connectivity index (χ0v) is 39.2. The fourth-order valence-electron chi connectivity index (χ4n) is 7.81. The maximum absolute atomic E-state index is 13.6. The van der Waals surface area contributed by atoms with Crippen LogP contribution in [-0.2, 0) is 53.4 Å². The van der Waals surface area contributed by atoms with Gasteiger partial charge in [-0.05, 0) is 42.0 Å². The molecule has 1 fully saturated rings. The van der Waals surface area contributed by atoms with Gasteiger partial charge in [-0.15, -0.1) is 0 Å². The highest BCUT2D eigenvalue weighted by Crippen LogP contribution is 2.28. The Morgan fingerprint density at radius 3 is 1.90 bits per heavy atom. The van der Waals surface area contributed by atoms with Gasteiger partial charge in [-0.1, -0.05) is 79.7 Å². The lowest BCUT2D eigenvalue weighted by atomic mass is 9.90. The average molecular weight is 939 g/mol. The molecular formula is C50H66N8O10. The van der Waals surface area contributed by atoms with E-state index in [1.165, 1.54) is 10.9 Å². The first-order valence-electron chi connectivity index (χ1n) is 23.4. The molecule has 0 bridgehead atoms. The number of likely N-dealkylation sites (tertiary alicyclic amines) is 1. The molecule has 1 unspecified atom stereocenters. The molecule has 3 aromatic carbocycles. The third-order valence-corrected chi connectivity index (χ3v) is 11.6. The van der Waals surface area contributed by atoms with Gasteiger partial charge in [0.15, 0.2) is 5.52 Å². The standard InChI is InChI=1S/C50H66N8O10/c1-38(40-9-5-3-6-10-40)33-44(60)57-21-17-50(63,18-22-57)36-58-37-54-45-46(49(58)62)55-56(2)47(45)41-15-13-39(14-16-41)34-51-35-43(59)52-19-23-64-25-27-66-29-31-68-32-30-67-28-26-65-24-20-53-48(61)42-11-7-4-8-12-42/h3-16,37-38,51,63H,17-36H2,1-2H3,(H,52,59)(H,53,61). The topological polar surface area (TPSA) is 210 Å². The molecule has 0 saturated carbocycles. The van der Waals surface area contributed by atoms with Crippen LogP contribution in [0.4, 0.5) is 0 Å². The number of fused-ring (bicyclic) bond motifs is 1. The monoisotopic (exact) mass is 938 g/mol. The molecule has 1 aliphatic heterocycles.